The van der Waals surface area contributed by atoms with E-state index in [1.807, 2.05) is 24.3 Å². The lowest BCUT2D eigenvalue weighted by Gasteiger charge is -2.08. The molecule has 5 heteroatoms. The van der Waals surface area contributed by atoms with E-state index in [9.17, 15) is 4.79 Å². The van der Waals surface area contributed by atoms with E-state index in [0.717, 1.165) is 10.8 Å². The number of aromatic nitrogens is 1. The monoisotopic (exact) mass is 219 g/mol. The first-order valence-electron chi connectivity index (χ1n) is 4.55. The number of fused-ring (bicyclic) bond motifs is 1. The van der Waals surface area contributed by atoms with Crippen molar-refractivity contribution in [3.8, 4) is 11.6 Å². The van der Waals surface area contributed by atoms with Crippen molar-refractivity contribution in [3.63, 3.8) is 0 Å². The summed E-state index contributed by atoms with van der Waals surface area (Å²) in [7, 11) is 1.44. The van der Waals surface area contributed by atoms with Crippen LogP contribution in [0.15, 0.2) is 30.5 Å². The van der Waals surface area contributed by atoms with Gasteiger partial charge in [-0.1, -0.05) is 24.3 Å². The van der Waals surface area contributed by atoms with Crippen LogP contribution in [0.3, 0.4) is 0 Å². The van der Waals surface area contributed by atoms with E-state index in [1.54, 1.807) is 0 Å². The number of ether oxygens (including phenoxy) is 2. The molecule has 2 aromatic rings. The molecule has 0 spiro atoms. The lowest BCUT2D eigenvalue weighted by Crippen LogP contribution is -2.06. The number of nitrogens with zero attached hydrogens (tertiary/aromatic N) is 1. The quantitative estimate of drug-likeness (QED) is 0.785. The van der Waals surface area contributed by atoms with E-state index in [0.29, 0.717) is 5.75 Å². The third kappa shape index (κ3) is 1.75. The molecule has 0 bridgehead atoms. The fraction of sp³-hybridized carbons (Fsp3) is 0.0909. The van der Waals surface area contributed by atoms with E-state index in [-0.39, 0.29) is 5.88 Å². The van der Waals surface area contributed by atoms with Crippen LogP contribution in [0.2, 0.25) is 0 Å². The second-order valence-corrected chi connectivity index (χ2v) is 3.05. The highest BCUT2D eigenvalue weighted by atomic mass is 16.7. The van der Waals surface area contributed by atoms with Crippen molar-refractivity contribution in [3.05, 3.63) is 30.5 Å². The zero-order valence-electron chi connectivity index (χ0n) is 8.51. The maximum atomic E-state index is 10.5. The van der Waals surface area contributed by atoms with Gasteiger partial charge in [0.15, 0.2) is 5.75 Å². The predicted molar refractivity (Wildman–Crippen MR) is 56.9 cm³/mol. The van der Waals surface area contributed by atoms with Crippen LogP contribution in [-0.2, 0) is 0 Å². The molecule has 0 unspecified atom stereocenters. The molecule has 1 aromatic heterocycles. The Kier molecular flexibility index (Phi) is 2.59. The van der Waals surface area contributed by atoms with Crippen molar-refractivity contribution in [2.45, 2.75) is 0 Å². The lowest BCUT2D eigenvalue weighted by molar-refractivity contribution is 0.141. The zero-order chi connectivity index (χ0) is 11.5. The summed E-state index contributed by atoms with van der Waals surface area (Å²) < 4.78 is 9.63. The summed E-state index contributed by atoms with van der Waals surface area (Å²) in [5, 5.41) is 10.2. The summed E-state index contributed by atoms with van der Waals surface area (Å²) in [6.07, 6.45) is 0.122. The third-order valence-corrected chi connectivity index (χ3v) is 2.11. The Labute approximate surface area is 91.2 Å². The zero-order valence-corrected chi connectivity index (χ0v) is 8.51. The van der Waals surface area contributed by atoms with Gasteiger partial charge in [-0.15, -0.1) is 0 Å². The smallest absolute Gasteiger partial charge is 0.491 e. The Morgan fingerprint density at radius 3 is 2.81 bits per heavy atom. The van der Waals surface area contributed by atoms with Crippen LogP contribution in [0, 0.1) is 0 Å². The molecule has 0 aliphatic carbocycles. The van der Waals surface area contributed by atoms with Crippen molar-refractivity contribution >= 4 is 16.9 Å². The Hall–Kier alpha value is -2.30. The molecule has 0 aliphatic heterocycles. The molecular formula is C11H9NO4. The molecular weight excluding hydrogens is 210 g/mol. The predicted octanol–water partition coefficient (Wildman–Crippen LogP) is 2.30. The van der Waals surface area contributed by atoms with Crippen molar-refractivity contribution < 1.29 is 19.4 Å². The molecule has 0 aliphatic rings. The van der Waals surface area contributed by atoms with Crippen molar-refractivity contribution in [2.75, 3.05) is 7.11 Å². The third-order valence-electron chi connectivity index (χ3n) is 2.11. The minimum Gasteiger partial charge on any atom is -0.491 e. The van der Waals surface area contributed by atoms with Gasteiger partial charge in [0.25, 0.3) is 5.88 Å². The minimum absolute atomic E-state index is 0.0475. The second kappa shape index (κ2) is 4.06. The Balaban J connectivity index is 2.63. The highest BCUT2D eigenvalue weighted by molar-refractivity contribution is 5.89. The molecule has 0 atom stereocenters. The summed E-state index contributed by atoms with van der Waals surface area (Å²) >= 11 is 0. The minimum atomic E-state index is -1.42. The van der Waals surface area contributed by atoms with Crippen molar-refractivity contribution in [2.24, 2.45) is 0 Å². The summed E-state index contributed by atoms with van der Waals surface area (Å²) in [5.74, 6) is 0.272. The summed E-state index contributed by atoms with van der Waals surface area (Å²) in [5.41, 5.74) is 0. The van der Waals surface area contributed by atoms with Crippen molar-refractivity contribution in [1.82, 2.24) is 4.98 Å². The SMILES string of the molecule is COc1c(OC(=O)O)ncc2ccccc12. The fourth-order valence-corrected chi connectivity index (χ4v) is 1.47. The highest BCUT2D eigenvalue weighted by Crippen LogP contribution is 2.32. The molecule has 0 saturated heterocycles. The first kappa shape index (κ1) is 10.2. The molecule has 82 valence electrons. The van der Waals surface area contributed by atoms with E-state index >= 15 is 0 Å². The molecule has 2 rings (SSSR count). The average Bonchev–Trinajstić information content (AvgIpc) is 2.28. The van der Waals surface area contributed by atoms with Crippen LogP contribution >= 0.6 is 0 Å². The Morgan fingerprint density at radius 2 is 2.12 bits per heavy atom. The maximum absolute atomic E-state index is 10.5. The highest BCUT2D eigenvalue weighted by Gasteiger charge is 2.13. The molecule has 5 nitrogen and oxygen atoms in total. The normalized spacial score (nSPS) is 10.1. The van der Waals surface area contributed by atoms with Crippen LogP contribution in [0.4, 0.5) is 4.79 Å². The summed E-state index contributed by atoms with van der Waals surface area (Å²) in [6, 6.07) is 7.36. The molecule has 0 amide bonds. The number of carbonyl (C=O) groups is 1. The number of carboxylic acid groups (broad SMARTS) is 1. The molecule has 1 heterocycles. The largest absolute Gasteiger partial charge is 0.512 e. The van der Waals surface area contributed by atoms with E-state index in [4.69, 9.17) is 9.84 Å². The fourth-order valence-electron chi connectivity index (χ4n) is 1.47. The Bertz CT molecular complexity index is 538. The van der Waals surface area contributed by atoms with Crippen LogP contribution in [0.25, 0.3) is 10.8 Å². The van der Waals surface area contributed by atoms with E-state index in [2.05, 4.69) is 9.72 Å². The molecule has 16 heavy (non-hydrogen) atoms. The van der Waals surface area contributed by atoms with Gasteiger partial charge >= 0.3 is 6.16 Å². The van der Waals surface area contributed by atoms with Gasteiger partial charge in [-0.25, -0.2) is 9.78 Å². The molecule has 1 aromatic carbocycles. The molecule has 0 fully saturated rings. The molecule has 0 radical (unpaired) electrons. The van der Waals surface area contributed by atoms with Crippen LogP contribution < -0.4 is 9.47 Å². The molecule has 0 saturated carbocycles. The van der Waals surface area contributed by atoms with Crippen LogP contribution in [-0.4, -0.2) is 23.4 Å². The van der Waals surface area contributed by atoms with E-state index in [1.165, 1.54) is 13.3 Å². The number of pyridine rings is 1. The van der Waals surface area contributed by atoms with Gasteiger partial charge in [0, 0.05) is 17.0 Å². The first-order chi connectivity index (χ1) is 7.72. The standard InChI is InChI=1S/C11H9NO4/c1-15-9-8-5-3-2-4-7(8)6-12-10(9)16-11(13)14/h2-6H,1H3,(H,13,14). The summed E-state index contributed by atoms with van der Waals surface area (Å²) in [6.45, 7) is 0. The topological polar surface area (TPSA) is 68.7 Å². The second-order valence-electron chi connectivity index (χ2n) is 3.05. The summed E-state index contributed by atoms with van der Waals surface area (Å²) in [4.78, 5) is 14.3. The van der Waals surface area contributed by atoms with Crippen molar-refractivity contribution in [1.29, 1.82) is 0 Å². The van der Waals surface area contributed by atoms with Crippen LogP contribution in [0.5, 0.6) is 11.6 Å². The number of hydrogen-bond acceptors (Lipinski definition) is 4. The van der Waals surface area contributed by atoms with Gasteiger partial charge in [0.1, 0.15) is 0 Å². The van der Waals surface area contributed by atoms with Gasteiger partial charge in [0.2, 0.25) is 0 Å². The van der Waals surface area contributed by atoms with Gasteiger partial charge in [0.05, 0.1) is 7.11 Å². The number of benzene rings is 1. The Morgan fingerprint density at radius 1 is 1.38 bits per heavy atom. The average molecular weight is 219 g/mol. The van der Waals surface area contributed by atoms with Crippen LogP contribution in [0.1, 0.15) is 0 Å². The number of methoxy groups -OCH3 is 1. The first-order valence-corrected chi connectivity index (χ1v) is 4.55. The lowest BCUT2D eigenvalue weighted by atomic mass is 10.1. The number of hydrogen-bond donors (Lipinski definition) is 1. The van der Waals surface area contributed by atoms with Gasteiger partial charge in [-0.05, 0) is 0 Å². The molecule has 1 N–H and O–H groups in total. The van der Waals surface area contributed by atoms with E-state index < -0.39 is 6.16 Å². The maximum Gasteiger partial charge on any atom is 0.512 e. The van der Waals surface area contributed by atoms with Gasteiger partial charge < -0.3 is 14.6 Å². The van der Waals surface area contributed by atoms with Gasteiger partial charge in [-0.3, -0.25) is 0 Å². The number of rotatable bonds is 2. The van der Waals surface area contributed by atoms with Gasteiger partial charge in [-0.2, -0.15) is 0 Å².